The molecule has 0 spiro atoms. The van der Waals surface area contributed by atoms with Crippen molar-refractivity contribution in [3.8, 4) is 5.75 Å². The van der Waals surface area contributed by atoms with Gasteiger partial charge in [-0.3, -0.25) is 0 Å². The summed E-state index contributed by atoms with van der Waals surface area (Å²) in [4.78, 5) is 11.3. The standard InChI is InChI=1S/C19H26Cl2O5/c1-2-23-18(22)26-19(14-25-19)11-7-5-3-4-6-8-12-24-15-9-10-16(20)17(21)13-15/h9-10,13H,2-8,11-12,14H2,1H3. The zero-order valence-corrected chi connectivity index (χ0v) is 16.6. The van der Waals surface area contributed by atoms with Crippen molar-refractivity contribution < 1.29 is 23.7 Å². The fourth-order valence-electron chi connectivity index (χ4n) is 2.59. The van der Waals surface area contributed by atoms with Gasteiger partial charge in [0, 0.05) is 12.5 Å². The summed E-state index contributed by atoms with van der Waals surface area (Å²) in [5.41, 5.74) is 0. The summed E-state index contributed by atoms with van der Waals surface area (Å²) in [6, 6.07) is 5.29. The molecular formula is C19H26Cl2O5. The zero-order valence-electron chi connectivity index (χ0n) is 15.1. The highest BCUT2D eigenvalue weighted by Gasteiger charge is 2.49. The molecule has 0 N–H and O–H groups in total. The lowest BCUT2D eigenvalue weighted by Crippen LogP contribution is -2.22. The lowest BCUT2D eigenvalue weighted by atomic mass is 10.1. The number of unbranched alkanes of at least 4 members (excludes halogenated alkanes) is 5. The summed E-state index contributed by atoms with van der Waals surface area (Å²) in [5.74, 6) is 0.0238. The summed E-state index contributed by atoms with van der Waals surface area (Å²) in [6.45, 7) is 3.20. The third-order valence-electron chi connectivity index (χ3n) is 4.11. The van der Waals surface area contributed by atoms with Crippen molar-refractivity contribution in [1.29, 1.82) is 0 Å². The monoisotopic (exact) mass is 404 g/mol. The maximum absolute atomic E-state index is 11.3. The third kappa shape index (κ3) is 7.60. The molecule has 1 aliphatic rings. The summed E-state index contributed by atoms with van der Waals surface area (Å²) in [7, 11) is 0. The van der Waals surface area contributed by atoms with E-state index in [9.17, 15) is 4.79 Å². The SMILES string of the molecule is CCOC(=O)OC1(CCCCCCCCOc2ccc(Cl)c(Cl)c2)CO1. The highest BCUT2D eigenvalue weighted by molar-refractivity contribution is 6.42. The number of benzene rings is 1. The van der Waals surface area contributed by atoms with Crippen LogP contribution < -0.4 is 4.74 Å². The van der Waals surface area contributed by atoms with Crippen molar-refractivity contribution in [2.24, 2.45) is 0 Å². The average Bonchev–Trinajstić information content (AvgIpc) is 3.36. The number of hydrogen-bond acceptors (Lipinski definition) is 5. The largest absolute Gasteiger partial charge is 0.510 e. The van der Waals surface area contributed by atoms with Crippen LogP contribution in [0.3, 0.4) is 0 Å². The molecule has 146 valence electrons. The predicted octanol–water partition coefficient (Wildman–Crippen LogP) is 6.00. The number of ether oxygens (including phenoxy) is 4. The fraction of sp³-hybridized carbons (Fsp3) is 0.632. The fourth-order valence-corrected chi connectivity index (χ4v) is 2.88. The minimum Gasteiger partial charge on any atom is -0.494 e. The van der Waals surface area contributed by atoms with Gasteiger partial charge in [0.1, 0.15) is 12.4 Å². The molecule has 0 radical (unpaired) electrons. The molecule has 1 saturated heterocycles. The molecule has 1 unspecified atom stereocenters. The second kappa shape index (κ2) is 10.9. The van der Waals surface area contributed by atoms with Crippen LogP contribution >= 0.6 is 23.2 Å². The summed E-state index contributed by atoms with van der Waals surface area (Å²) in [6.07, 6.45) is 6.55. The first-order chi connectivity index (χ1) is 12.5. The Hall–Kier alpha value is -1.17. The Morgan fingerprint density at radius 1 is 1.12 bits per heavy atom. The van der Waals surface area contributed by atoms with Gasteiger partial charge in [0.15, 0.2) is 0 Å². The van der Waals surface area contributed by atoms with Gasteiger partial charge in [-0.25, -0.2) is 4.79 Å². The van der Waals surface area contributed by atoms with E-state index >= 15 is 0 Å². The first kappa shape index (κ1) is 21.1. The minimum atomic E-state index is -0.722. The Bertz CT molecular complexity index is 575. The van der Waals surface area contributed by atoms with Crippen molar-refractivity contribution in [2.75, 3.05) is 19.8 Å². The van der Waals surface area contributed by atoms with Crippen LogP contribution in [0.25, 0.3) is 0 Å². The number of halogens is 2. The lowest BCUT2D eigenvalue weighted by Gasteiger charge is -2.12. The smallest absolute Gasteiger partial charge is 0.494 e. The molecule has 2 rings (SSSR count). The minimum absolute atomic E-state index is 0.309. The molecule has 1 fully saturated rings. The van der Waals surface area contributed by atoms with Crippen LogP contribution in [0.2, 0.25) is 10.0 Å². The number of epoxide rings is 1. The van der Waals surface area contributed by atoms with Crippen LogP contribution in [0.15, 0.2) is 18.2 Å². The second-order valence-electron chi connectivity index (χ2n) is 6.28. The summed E-state index contributed by atoms with van der Waals surface area (Å²) >= 11 is 11.8. The molecule has 0 saturated carbocycles. The Balaban J connectivity index is 1.45. The molecule has 0 aliphatic carbocycles. The van der Waals surface area contributed by atoms with E-state index in [0.717, 1.165) is 50.7 Å². The van der Waals surface area contributed by atoms with Crippen LogP contribution in [0.5, 0.6) is 5.75 Å². The number of hydrogen-bond donors (Lipinski definition) is 0. The van der Waals surface area contributed by atoms with E-state index in [1.807, 2.05) is 6.07 Å². The van der Waals surface area contributed by atoms with Crippen molar-refractivity contribution in [3.05, 3.63) is 28.2 Å². The van der Waals surface area contributed by atoms with Crippen molar-refractivity contribution >= 4 is 29.4 Å². The van der Waals surface area contributed by atoms with Gasteiger partial charge in [0.05, 0.1) is 23.3 Å². The van der Waals surface area contributed by atoms with Gasteiger partial charge in [0.25, 0.3) is 0 Å². The predicted molar refractivity (Wildman–Crippen MR) is 101 cm³/mol. The Kier molecular flexibility index (Phi) is 8.82. The maximum Gasteiger partial charge on any atom is 0.510 e. The van der Waals surface area contributed by atoms with Crippen LogP contribution in [-0.4, -0.2) is 31.8 Å². The molecule has 0 amide bonds. The van der Waals surface area contributed by atoms with E-state index in [2.05, 4.69) is 0 Å². The molecule has 1 heterocycles. The first-order valence-corrected chi connectivity index (χ1v) is 9.88. The topological polar surface area (TPSA) is 57.3 Å². The van der Waals surface area contributed by atoms with E-state index in [4.69, 9.17) is 42.1 Å². The van der Waals surface area contributed by atoms with Gasteiger partial charge in [0.2, 0.25) is 5.79 Å². The molecule has 1 atom stereocenters. The van der Waals surface area contributed by atoms with Gasteiger partial charge >= 0.3 is 6.16 Å². The number of rotatable bonds is 12. The molecule has 0 aromatic heterocycles. The Morgan fingerprint density at radius 3 is 2.46 bits per heavy atom. The average molecular weight is 405 g/mol. The molecular weight excluding hydrogens is 379 g/mol. The summed E-state index contributed by atoms with van der Waals surface area (Å²) in [5, 5.41) is 1.04. The zero-order chi connectivity index (χ0) is 18.8. The normalized spacial score (nSPS) is 18.4. The Labute approximate surface area is 164 Å². The Morgan fingerprint density at radius 2 is 1.81 bits per heavy atom. The van der Waals surface area contributed by atoms with Gasteiger partial charge < -0.3 is 18.9 Å². The molecule has 1 aromatic rings. The van der Waals surface area contributed by atoms with Crippen molar-refractivity contribution in [3.63, 3.8) is 0 Å². The third-order valence-corrected chi connectivity index (χ3v) is 4.85. The molecule has 26 heavy (non-hydrogen) atoms. The van der Waals surface area contributed by atoms with Gasteiger partial charge in [-0.15, -0.1) is 0 Å². The van der Waals surface area contributed by atoms with E-state index in [1.54, 1.807) is 19.1 Å². The quantitative estimate of drug-likeness (QED) is 0.242. The van der Waals surface area contributed by atoms with E-state index in [-0.39, 0.29) is 0 Å². The molecule has 1 aliphatic heterocycles. The van der Waals surface area contributed by atoms with Gasteiger partial charge in [-0.1, -0.05) is 48.9 Å². The second-order valence-corrected chi connectivity index (χ2v) is 7.09. The summed E-state index contributed by atoms with van der Waals surface area (Å²) < 4.78 is 20.9. The van der Waals surface area contributed by atoms with E-state index in [0.29, 0.717) is 29.9 Å². The van der Waals surface area contributed by atoms with Crippen molar-refractivity contribution in [2.45, 2.75) is 57.7 Å². The van der Waals surface area contributed by atoms with Crippen LogP contribution in [-0.2, 0) is 14.2 Å². The van der Waals surface area contributed by atoms with E-state index < -0.39 is 11.9 Å². The maximum atomic E-state index is 11.3. The molecule has 0 bridgehead atoms. The lowest BCUT2D eigenvalue weighted by molar-refractivity contribution is -0.0381. The first-order valence-electron chi connectivity index (χ1n) is 9.12. The number of carbonyl (C=O) groups excluding carboxylic acids is 1. The van der Waals surface area contributed by atoms with Gasteiger partial charge in [-0.05, 0) is 31.9 Å². The van der Waals surface area contributed by atoms with Crippen molar-refractivity contribution in [1.82, 2.24) is 0 Å². The van der Waals surface area contributed by atoms with Crippen LogP contribution in [0.4, 0.5) is 4.79 Å². The van der Waals surface area contributed by atoms with Gasteiger partial charge in [-0.2, -0.15) is 0 Å². The highest BCUT2D eigenvalue weighted by atomic mass is 35.5. The number of carbonyl (C=O) groups is 1. The van der Waals surface area contributed by atoms with Crippen LogP contribution in [0, 0.1) is 0 Å². The van der Waals surface area contributed by atoms with Crippen LogP contribution in [0.1, 0.15) is 51.9 Å². The van der Waals surface area contributed by atoms with E-state index in [1.165, 1.54) is 0 Å². The molecule has 5 nitrogen and oxygen atoms in total. The molecule has 7 heteroatoms. The molecule has 1 aromatic carbocycles. The highest BCUT2D eigenvalue weighted by Crippen LogP contribution is 2.34.